The Hall–Kier alpha value is -2.05. The lowest BCUT2D eigenvalue weighted by Gasteiger charge is -2.34. The molecule has 4 rings (SSSR count). The zero-order valence-electron chi connectivity index (χ0n) is 13.5. The number of ether oxygens (including phenoxy) is 3. The third kappa shape index (κ3) is 2.58. The van der Waals surface area contributed by atoms with Crippen molar-refractivity contribution in [2.24, 2.45) is 0 Å². The second-order valence-electron chi connectivity index (χ2n) is 6.03. The first-order valence-electron chi connectivity index (χ1n) is 7.92. The quantitative estimate of drug-likeness (QED) is 0.867. The summed E-state index contributed by atoms with van der Waals surface area (Å²) in [6.07, 6.45) is 1.93. The Bertz CT molecular complexity index is 713. The monoisotopic (exact) mass is 315 g/mol. The van der Waals surface area contributed by atoms with Crippen LogP contribution in [0, 0.1) is 0 Å². The average Bonchev–Trinajstić information content (AvgIpc) is 3.17. The molecule has 0 bridgehead atoms. The SMILES string of the molecule is COCc1cnc2n1CCN(Cc1ccc3c(c1)OCO3)[C@H]2C. The van der Waals surface area contributed by atoms with Crippen molar-refractivity contribution in [3.8, 4) is 11.5 Å². The molecule has 2 aliphatic rings. The molecule has 6 nitrogen and oxygen atoms in total. The van der Waals surface area contributed by atoms with Gasteiger partial charge in [-0.2, -0.15) is 0 Å². The van der Waals surface area contributed by atoms with Gasteiger partial charge in [-0.25, -0.2) is 4.98 Å². The minimum absolute atomic E-state index is 0.278. The Morgan fingerprint density at radius 1 is 1.26 bits per heavy atom. The van der Waals surface area contributed by atoms with E-state index in [4.69, 9.17) is 14.2 Å². The van der Waals surface area contributed by atoms with Crippen LogP contribution >= 0.6 is 0 Å². The lowest BCUT2D eigenvalue weighted by atomic mass is 10.1. The highest BCUT2D eigenvalue weighted by Gasteiger charge is 2.27. The maximum absolute atomic E-state index is 5.47. The minimum atomic E-state index is 0.278. The predicted molar refractivity (Wildman–Crippen MR) is 84.3 cm³/mol. The third-order valence-corrected chi connectivity index (χ3v) is 4.62. The third-order valence-electron chi connectivity index (χ3n) is 4.62. The number of benzene rings is 1. The number of nitrogens with zero attached hydrogens (tertiary/aromatic N) is 3. The van der Waals surface area contributed by atoms with E-state index in [0.29, 0.717) is 13.4 Å². The number of hydrogen-bond donors (Lipinski definition) is 0. The second-order valence-corrected chi connectivity index (χ2v) is 6.03. The zero-order valence-corrected chi connectivity index (χ0v) is 13.5. The lowest BCUT2D eigenvalue weighted by molar-refractivity contribution is 0.143. The molecule has 1 aromatic heterocycles. The van der Waals surface area contributed by atoms with E-state index in [1.54, 1.807) is 7.11 Å². The molecule has 3 heterocycles. The smallest absolute Gasteiger partial charge is 0.231 e. The summed E-state index contributed by atoms with van der Waals surface area (Å²) in [4.78, 5) is 7.04. The molecule has 0 radical (unpaired) electrons. The van der Waals surface area contributed by atoms with Gasteiger partial charge in [0.2, 0.25) is 6.79 Å². The Kier molecular flexibility index (Phi) is 3.71. The average molecular weight is 315 g/mol. The molecular weight excluding hydrogens is 294 g/mol. The van der Waals surface area contributed by atoms with Crippen molar-refractivity contribution >= 4 is 0 Å². The summed E-state index contributed by atoms with van der Waals surface area (Å²) in [6.45, 7) is 5.96. The summed E-state index contributed by atoms with van der Waals surface area (Å²) in [5.74, 6) is 2.79. The second kappa shape index (κ2) is 5.86. The van der Waals surface area contributed by atoms with Gasteiger partial charge in [-0.3, -0.25) is 4.90 Å². The summed E-state index contributed by atoms with van der Waals surface area (Å²) in [7, 11) is 1.72. The first-order chi connectivity index (χ1) is 11.3. The fraction of sp³-hybridized carbons (Fsp3) is 0.471. The molecule has 0 spiro atoms. The summed E-state index contributed by atoms with van der Waals surface area (Å²) < 4.78 is 18.4. The van der Waals surface area contributed by atoms with Gasteiger partial charge in [0.05, 0.1) is 24.5 Å². The van der Waals surface area contributed by atoms with Crippen molar-refractivity contribution in [3.05, 3.63) is 41.5 Å². The van der Waals surface area contributed by atoms with Gasteiger partial charge in [-0.1, -0.05) is 6.07 Å². The molecular formula is C17H21N3O3. The maximum atomic E-state index is 5.47. The highest BCUT2D eigenvalue weighted by molar-refractivity contribution is 5.44. The molecule has 0 saturated heterocycles. The normalized spacial score (nSPS) is 19.8. The number of rotatable bonds is 4. The summed E-state index contributed by atoms with van der Waals surface area (Å²) in [5, 5.41) is 0. The Balaban J connectivity index is 1.52. The highest BCUT2D eigenvalue weighted by Crippen LogP contribution is 2.34. The van der Waals surface area contributed by atoms with Crippen LogP contribution in [-0.2, 0) is 24.4 Å². The zero-order chi connectivity index (χ0) is 15.8. The van der Waals surface area contributed by atoms with Crippen LogP contribution in [-0.4, -0.2) is 34.9 Å². The molecule has 1 atom stereocenters. The van der Waals surface area contributed by atoms with E-state index in [0.717, 1.165) is 42.7 Å². The van der Waals surface area contributed by atoms with Gasteiger partial charge in [0.25, 0.3) is 0 Å². The van der Waals surface area contributed by atoms with Crippen molar-refractivity contribution in [2.45, 2.75) is 32.7 Å². The number of aromatic nitrogens is 2. The molecule has 0 aliphatic carbocycles. The molecule has 122 valence electrons. The molecule has 6 heteroatoms. The number of methoxy groups -OCH3 is 1. The molecule has 0 amide bonds. The molecule has 2 aliphatic heterocycles. The Labute approximate surface area is 135 Å². The van der Waals surface area contributed by atoms with Gasteiger partial charge in [0.1, 0.15) is 5.82 Å². The van der Waals surface area contributed by atoms with E-state index in [9.17, 15) is 0 Å². The van der Waals surface area contributed by atoms with E-state index < -0.39 is 0 Å². The Morgan fingerprint density at radius 3 is 3.00 bits per heavy atom. The van der Waals surface area contributed by atoms with E-state index in [-0.39, 0.29) is 6.04 Å². The van der Waals surface area contributed by atoms with Crippen LogP contribution in [0.4, 0.5) is 0 Å². The molecule has 0 fully saturated rings. The molecule has 0 N–H and O–H groups in total. The molecule has 1 aromatic carbocycles. The van der Waals surface area contributed by atoms with Crippen LogP contribution < -0.4 is 9.47 Å². The standard InChI is InChI=1S/C17H21N3O3/c1-12-17-18-8-14(10-21-2)20(17)6-5-19(12)9-13-3-4-15-16(7-13)23-11-22-15/h3-4,7-8,12H,5-6,9-11H2,1-2H3/t12-/m0/s1. The van der Waals surface area contributed by atoms with Gasteiger partial charge in [-0.15, -0.1) is 0 Å². The van der Waals surface area contributed by atoms with Crippen LogP contribution in [0.5, 0.6) is 11.5 Å². The molecule has 0 unspecified atom stereocenters. The van der Waals surface area contributed by atoms with Gasteiger partial charge in [-0.05, 0) is 24.6 Å². The number of hydrogen-bond acceptors (Lipinski definition) is 5. The fourth-order valence-electron chi connectivity index (χ4n) is 3.36. The van der Waals surface area contributed by atoms with Crippen molar-refractivity contribution in [1.29, 1.82) is 0 Å². The van der Waals surface area contributed by atoms with E-state index in [1.165, 1.54) is 5.56 Å². The van der Waals surface area contributed by atoms with Gasteiger partial charge >= 0.3 is 0 Å². The maximum Gasteiger partial charge on any atom is 0.231 e. The first-order valence-corrected chi connectivity index (χ1v) is 7.92. The lowest BCUT2D eigenvalue weighted by Crippen LogP contribution is -2.37. The van der Waals surface area contributed by atoms with Crippen LogP contribution in [0.3, 0.4) is 0 Å². The van der Waals surface area contributed by atoms with Crippen molar-refractivity contribution in [2.75, 3.05) is 20.4 Å². The van der Waals surface area contributed by atoms with Gasteiger partial charge in [0.15, 0.2) is 11.5 Å². The van der Waals surface area contributed by atoms with E-state index in [1.807, 2.05) is 12.3 Å². The van der Waals surface area contributed by atoms with Crippen LogP contribution in [0.2, 0.25) is 0 Å². The van der Waals surface area contributed by atoms with Crippen LogP contribution in [0.15, 0.2) is 24.4 Å². The van der Waals surface area contributed by atoms with Crippen molar-refractivity contribution < 1.29 is 14.2 Å². The summed E-state index contributed by atoms with van der Waals surface area (Å²) >= 11 is 0. The van der Waals surface area contributed by atoms with E-state index >= 15 is 0 Å². The molecule has 2 aromatic rings. The van der Waals surface area contributed by atoms with Crippen LogP contribution in [0.25, 0.3) is 0 Å². The Morgan fingerprint density at radius 2 is 2.13 bits per heavy atom. The number of imidazole rings is 1. The summed E-state index contributed by atoms with van der Waals surface area (Å²) in [6, 6.07) is 6.45. The highest BCUT2D eigenvalue weighted by atomic mass is 16.7. The predicted octanol–water partition coefficient (Wildman–Crippen LogP) is 2.34. The number of fused-ring (bicyclic) bond motifs is 2. The first kappa shape index (κ1) is 14.5. The topological polar surface area (TPSA) is 48.8 Å². The van der Waals surface area contributed by atoms with Crippen molar-refractivity contribution in [1.82, 2.24) is 14.5 Å². The van der Waals surface area contributed by atoms with Crippen molar-refractivity contribution in [3.63, 3.8) is 0 Å². The van der Waals surface area contributed by atoms with Gasteiger partial charge < -0.3 is 18.8 Å². The summed E-state index contributed by atoms with van der Waals surface area (Å²) in [5.41, 5.74) is 2.38. The minimum Gasteiger partial charge on any atom is -0.454 e. The molecule has 23 heavy (non-hydrogen) atoms. The largest absolute Gasteiger partial charge is 0.454 e. The van der Waals surface area contributed by atoms with Crippen LogP contribution in [0.1, 0.15) is 30.0 Å². The van der Waals surface area contributed by atoms with E-state index in [2.05, 4.69) is 33.5 Å². The molecule has 0 saturated carbocycles. The fourth-order valence-corrected chi connectivity index (χ4v) is 3.36. The van der Waals surface area contributed by atoms with Gasteiger partial charge in [0, 0.05) is 26.7 Å².